The second-order valence-electron chi connectivity index (χ2n) is 4.89. The molecule has 0 atom stereocenters. The molecule has 0 bridgehead atoms. The molecule has 20 heavy (non-hydrogen) atoms. The number of amides is 1. The zero-order chi connectivity index (χ0) is 14.7. The van der Waals surface area contributed by atoms with Crippen molar-refractivity contribution in [3.63, 3.8) is 0 Å². The molecule has 0 unspecified atom stereocenters. The third-order valence-electron chi connectivity index (χ3n) is 3.04. The monoisotopic (exact) mass is 289 g/mol. The first kappa shape index (κ1) is 14.4. The molecule has 0 saturated heterocycles. The Morgan fingerprint density at radius 3 is 2.35 bits per heavy atom. The van der Waals surface area contributed by atoms with E-state index in [4.69, 9.17) is 11.6 Å². The van der Waals surface area contributed by atoms with E-state index in [1.165, 1.54) is 17.7 Å². The topological polar surface area (TPSA) is 49.3 Å². The van der Waals surface area contributed by atoms with Crippen LogP contribution in [0.1, 0.15) is 35.7 Å². The maximum Gasteiger partial charge on any atom is 0.259 e. The number of benzene rings is 2. The van der Waals surface area contributed by atoms with E-state index in [2.05, 4.69) is 19.2 Å². The lowest BCUT2D eigenvalue weighted by atomic mass is 10.0. The van der Waals surface area contributed by atoms with Crippen molar-refractivity contribution in [2.75, 3.05) is 5.32 Å². The number of phenolic OH excluding ortho intramolecular Hbond substituents is 1. The van der Waals surface area contributed by atoms with Crippen molar-refractivity contribution in [1.29, 1.82) is 0 Å². The third-order valence-corrected chi connectivity index (χ3v) is 3.27. The first-order valence-corrected chi connectivity index (χ1v) is 6.75. The second kappa shape index (κ2) is 5.97. The fraction of sp³-hybridized carbons (Fsp3) is 0.188. The number of halogens is 1. The van der Waals surface area contributed by atoms with E-state index >= 15 is 0 Å². The van der Waals surface area contributed by atoms with E-state index in [0.717, 1.165) is 0 Å². The molecule has 0 spiro atoms. The van der Waals surface area contributed by atoms with Gasteiger partial charge in [-0.25, -0.2) is 0 Å². The highest BCUT2D eigenvalue weighted by Crippen LogP contribution is 2.23. The molecule has 0 fully saturated rings. The SMILES string of the molecule is CC(C)c1ccc(NC(=O)c2ccc(Cl)cc2O)cc1. The van der Waals surface area contributed by atoms with Gasteiger partial charge in [0.05, 0.1) is 5.56 Å². The van der Waals surface area contributed by atoms with E-state index in [0.29, 0.717) is 16.6 Å². The summed E-state index contributed by atoms with van der Waals surface area (Å²) >= 11 is 5.74. The molecule has 0 radical (unpaired) electrons. The van der Waals surface area contributed by atoms with Gasteiger partial charge in [0.1, 0.15) is 5.75 Å². The molecule has 2 aromatic rings. The van der Waals surface area contributed by atoms with Crippen molar-refractivity contribution in [3.05, 3.63) is 58.6 Å². The largest absolute Gasteiger partial charge is 0.507 e. The summed E-state index contributed by atoms with van der Waals surface area (Å²) in [5, 5.41) is 12.8. The van der Waals surface area contributed by atoms with Gasteiger partial charge in [0.25, 0.3) is 5.91 Å². The molecule has 1 amide bonds. The lowest BCUT2D eigenvalue weighted by Gasteiger charge is -2.09. The molecule has 0 aliphatic heterocycles. The first-order chi connectivity index (χ1) is 9.47. The standard InChI is InChI=1S/C16H16ClNO2/c1-10(2)11-3-6-13(7-4-11)18-16(20)14-8-5-12(17)9-15(14)19/h3-10,19H,1-2H3,(H,18,20). The van der Waals surface area contributed by atoms with E-state index in [1.54, 1.807) is 6.07 Å². The van der Waals surface area contributed by atoms with Crippen molar-refractivity contribution in [1.82, 2.24) is 0 Å². The van der Waals surface area contributed by atoms with Gasteiger partial charge in [-0.2, -0.15) is 0 Å². The van der Waals surface area contributed by atoms with Crippen LogP contribution in [0.2, 0.25) is 5.02 Å². The van der Waals surface area contributed by atoms with Crippen LogP contribution in [0.4, 0.5) is 5.69 Å². The predicted molar refractivity (Wildman–Crippen MR) is 81.6 cm³/mol. The normalized spacial score (nSPS) is 10.6. The number of rotatable bonds is 3. The van der Waals surface area contributed by atoms with Crippen LogP contribution in [0.5, 0.6) is 5.75 Å². The lowest BCUT2D eigenvalue weighted by molar-refractivity contribution is 0.102. The van der Waals surface area contributed by atoms with Gasteiger partial charge >= 0.3 is 0 Å². The minimum Gasteiger partial charge on any atom is -0.507 e. The summed E-state index contributed by atoms with van der Waals surface area (Å²) in [6.45, 7) is 4.22. The number of aromatic hydroxyl groups is 1. The summed E-state index contributed by atoms with van der Waals surface area (Å²) in [5.74, 6) is -0.0506. The molecule has 0 aliphatic rings. The number of hydrogen-bond donors (Lipinski definition) is 2. The van der Waals surface area contributed by atoms with Crippen LogP contribution in [0.25, 0.3) is 0 Å². The predicted octanol–water partition coefficient (Wildman–Crippen LogP) is 4.42. The molecule has 0 saturated carbocycles. The van der Waals surface area contributed by atoms with Crippen LogP contribution in [0.15, 0.2) is 42.5 Å². The Bertz CT molecular complexity index is 621. The van der Waals surface area contributed by atoms with Gasteiger partial charge in [-0.1, -0.05) is 37.6 Å². The van der Waals surface area contributed by atoms with Gasteiger partial charge in [-0.15, -0.1) is 0 Å². The van der Waals surface area contributed by atoms with Crippen LogP contribution in [0, 0.1) is 0 Å². The minimum atomic E-state index is -0.364. The Kier molecular flexibility index (Phi) is 4.30. The van der Waals surface area contributed by atoms with E-state index in [1.807, 2.05) is 24.3 Å². The van der Waals surface area contributed by atoms with Crippen molar-refractivity contribution in [2.24, 2.45) is 0 Å². The molecule has 104 valence electrons. The van der Waals surface area contributed by atoms with Crippen LogP contribution in [-0.2, 0) is 0 Å². The van der Waals surface area contributed by atoms with Crippen LogP contribution in [-0.4, -0.2) is 11.0 Å². The first-order valence-electron chi connectivity index (χ1n) is 6.37. The number of carbonyl (C=O) groups excluding carboxylic acids is 1. The van der Waals surface area contributed by atoms with Crippen molar-refractivity contribution >= 4 is 23.2 Å². The molecular formula is C16H16ClNO2. The Balaban J connectivity index is 2.15. The number of nitrogens with one attached hydrogen (secondary N) is 1. The maximum absolute atomic E-state index is 12.1. The summed E-state index contributed by atoms with van der Waals surface area (Å²) in [4.78, 5) is 12.1. The van der Waals surface area contributed by atoms with Crippen molar-refractivity contribution in [3.8, 4) is 5.75 Å². The average Bonchev–Trinajstić information content (AvgIpc) is 2.39. The Hall–Kier alpha value is -2.00. The van der Waals surface area contributed by atoms with Crippen molar-refractivity contribution in [2.45, 2.75) is 19.8 Å². The summed E-state index contributed by atoms with van der Waals surface area (Å²) in [6.07, 6.45) is 0. The highest BCUT2D eigenvalue weighted by Gasteiger charge is 2.11. The molecule has 4 heteroatoms. The molecule has 2 rings (SSSR count). The highest BCUT2D eigenvalue weighted by atomic mass is 35.5. The number of anilines is 1. The number of phenols is 1. The highest BCUT2D eigenvalue weighted by molar-refractivity contribution is 6.30. The summed E-state index contributed by atoms with van der Waals surface area (Å²) in [5.41, 5.74) is 2.09. The molecule has 3 nitrogen and oxygen atoms in total. The van der Waals surface area contributed by atoms with Gasteiger partial charge in [-0.3, -0.25) is 4.79 Å². The Labute approximate surface area is 123 Å². The van der Waals surface area contributed by atoms with E-state index in [-0.39, 0.29) is 17.2 Å². The molecule has 2 aromatic carbocycles. The Morgan fingerprint density at radius 1 is 1.15 bits per heavy atom. The summed E-state index contributed by atoms with van der Waals surface area (Å²) < 4.78 is 0. The zero-order valence-electron chi connectivity index (χ0n) is 11.4. The van der Waals surface area contributed by atoms with Crippen LogP contribution < -0.4 is 5.32 Å². The smallest absolute Gasteiger partial charge is 0.259 e. The van der Waals surface area contributed by atoms with Gasteiger partial charge in [0, 0.05) is 10.7 Å². The fourth-order valence-corrected chi connectivity index (χ4v) is 2.01. The van der Waals surface area contributed by atoms with Crippen molar-refractivity contribution < 1.29 is 9.90 Å². The minimum absolute atomic E-state index is 0.131. The molecular weight excluding hydrogens is 274 g/mol. The quantitative estimate of drug-likeness (QED) is 0.878. The molecule has 2 N–H and O–H groups in total. The van der Waals surface area contributed by atoms with Crippen LogP contribution in [0.3, 0.4) is 0 Å². The van der Waals surface area contributed by atoms with Gasteiger partial charge < -0.3 is 10.4 Å². The number of carbonyl (C=O) groups is 1. The van der Waals surface area contributed by atoms with E-state index < -0.39 is 0 Å². The zero-order valence-corrected chi connectivity index (χ0v) is 12.1. The number of hydrogen-bond acceptors (Lipinski definition) is 2. The fourth-order valence-electron chi connectivity index (χ4n) is 1.85. The molecule has 0 aliphatic carbocycles. The average molecular weight is 290 g/mol. The lowest BCUT2D eigenvalue weighted by Crippen LogP contribution is -2.12. The summed E-state index contributed by atoms with van der Waals surface area (Å²) in [6, 6.07) is 12.1. The van der Waals surface area contributed by atoms with E-state index in [9.17, 15) is 9.90 Å². The third kappa shape index (κ3) is 3.31. The second-order valence-corrected chi connectivity index (χ2v) is 5.33. The maximum atomic E-state index is 12.1. The molecule has 0 heterocycles. The van der Waals surface area contributed by atoms with Gasteiger partial charge in [0.15, 0.2) is 0 Å². The van der Waals surface area contributed by atoms with Gasteiger partial charge in [0.2, 0.25) is 0 Å². The summed E-state index contributed by atoms with van der Waals surface area (Å²) in [7, 11) is 0. The Morgan fingerprint density at radius 2 is 1.80 bits per heavy atom. The van der Waals surface area contributed by atoms with Crippen LogP contribution >= 0.6 is 11.6 Å². The molecule has 0 aromatic heterocycles. The van der Waals surface area contributed by atoms with Gasteiger partial charge in [-0.05, 0) is 41.8 Å².